The monoisotopic (exact) mass is 307 g/mol. The Bertz CT molecular complexity index is 556. The lowest BCUT2D eigenvalue weighted by Gasteiger charge is -2.28. The molecule has 1 aliphatic heterocycles. The molecule has 1 N–H and O–H groups in total. The summed E-state index contributed by atoms with van der Waals surface area (Å²) in [5.41, 5.74) is 0.141. The summed E-state index contributed by atoms with van der Waals surface area (Å²) in [7, 11) is 1.37. The average molecular weight is 307 g/mol. The standard InChI is InChI=1S/C15H21N3O4/c1-3-8-17(12-6-7-16-10-12)15(19)11-4-5-14(22-2)13(9-11)18(20)21/h4-5,9,12,16H,3,6-8,10H2,1-2H3. The van der Waals surface area contributed by atoms with Crippen molar-refractivity contribution in [3.8, 4) is 5.75 Å². The van der Waals surface area contributed by atoms with Gasteiger partial charge in [-0.05, 0) is 31.5 Å². The number of carbonyl (C=O) groups excluding carboxylic acids is 1. The van der Waals surface area contributed by atoms with Gasteiger partial charge in [-0.2, -0.15) is 0 Å². The SMILES string of the molecule is CCCN(C(=O)c1ccc(OC)c([N+](=O)[O-])c1)C1CCNC1. The Morgan fingerprint density at radius 2 is 2.32 bits per heavy atom. The number of ether oxygens (including phenoxy) is 1. The molecule has 1 heterocycles. The molecule has 0 radical (unpaired) electrons. The second-order valence-electron chi connectivity index (χ2n) is 5.29. The van der Waals surface area contributed by atoms with E-state index in [9.17, 15) is 14.9 Å². The van der Waals surface area contributed by atoms with Crippen molar-refractivity contribution in [1.82, 2.24) is 10.2 Å². The zero-order valence-electron chi connectivity index (χ0n) is 12.9. The molecule has 1 unspecified atom stereocenters. The van der Waals surface area contributed by atoms with Crippen molar-refractivity contribution in [2.75, 3.05) is 26.7 Å². The molecular weight excluding hydrogens is 286 g/mol. The van der Waals surface area contributed by atoms with Gasteiger partial charge in [-0.15, -0.1) is 0 Å². The lowest BCUT2D eigenvalue weighted by atomic mass is 10.1. The maximum absolute atomic E-state index is 12.7. The lowest BCUT2D eigenvalue weighted by Crippen LogP contribution is -2.42. The van der Waals surface area contributed by atoms with Crippen molar-refractivity contribution in [3.63, 3.8) is 0 Å². The third-order valence-corrected chi connectivity index (χ3v) is 3.82. The second-order valence-corrected chi connectivity index (χ2v) is 5.29. The van der Waals surface area contributed by atoms with E-state index >= 15 is 0 Å². The molecule has 1 fully saturated rings. The summed E-state index contributed by atoms with van der Waals surface area (Å²) in [5.74, 6) is -0.00701. The Hall–Kier alpha value is -2.15. The molecule has 0 aliphatic carbocycles. The van der Waals surface area contributed by atoms with Gasteiger partial charge in [0, 0.05) is 30.8 Å². The third-order valence-electron chi connectivity index (χ3n) is 3.82. The van der Waals surface area contributed by atoms with E-state index < -0.39 is 4.92 Å². The van der Waals surface area contributed by atoms with Crippen molar-refractivity contribution >= 4 is 11.6 Å². The van der Waals surface area contributed by atoms with Gasteiger partial charge >= 0.3 is 5.69 Å². The molecule has 0 bridgehead atoms. The first-order valence-electron chi connectivity index (χ1n) is 7.42. The quantitative estimate of drug-likeness (QED) is 0.640. The number of hydrogen-bond donors (Lipinski definition) is 1. The summed E-state index contributed by atoms with van der Waals surface area (Å²) in [5, 5.41) is 14.3. The fourth-order valence-electron chi connectivity index (χ4n) is 2.73. The summed E-state index contributed by atoms with van der Waals surface area (Å²) in [4.78, 5) is 25.1. The molecule has 2 rings (SSSR count). The molecule has 1 saturated heterocycles. The number of amides is 1. The fourth-order valence-corrected chi connectivity index (χ4v) is 2.73. The topological polar surface area (TPSA) is 84.7 Å². The highest BCUT2D eigenvalue weighted by molar-refractivity contribution is 5.95. The first-order valence-corrected chi connectivity index (χ1v) is 7.42. The molecule has 22 heavy (non-hydrogen) atoms. The third kappa shape index (κ3) is 3.36. The summed E-state index contributed by atoms with van der Waals surface area (Å²) >= 11 is 0. The molecule has 1 amide bonds. The van der Waals surface area contributed by atoms with E-state index in [1.807, 2.05) is 11.8 Å². The summed E-state index contributed by atoms with van der Waals surface area (Å²) in [6.45, 7) is 4.31. The molecule has 0 aromatic heterocycles. The van der Waals surface area contributed by atoms with Crippen LogP contribution in [0.1, 0.15) is 30.1 Å². The van der Waals surface area contributed by atoms with Gasteiger partial charge in [-0.1, -0.05) is 6.92 Å². The molecule has 7 heteroatoms. The largest absolute Gasteiger partial charge is 0.490 e. The van der Waals surface area contributed by atoms with E-state index in [0.29, 0.717) is 12.1 Å². The molecule has 120 valence electrons. The Balaban J connectivity index is 2.29. The van der Waals surface area contributed by atoms with E-state index in [1.165, 1.54) is 19.2 Å². The van der Waals surface area contributed by atoms with Gasteiger partial charge in [0.25, 0.3) is 5.91 Å². The number of nitrogens with one attached hydrogen (secondary N) is 1. The van der Waals surface area contributed by atoms with Crippen molar-refractivity contribution in [2.45, 2.75) is 25.8 Å². The van der Waals surface area contributed by atoms with E-state index in [4.69, 9.17) is 4.74 Å². The first kappa shape index (κ1) is 16.2. The van der Waals surface area contributed by atoms with Gasteiger partial charge < -0.3 is 15.0 Å². The number of benzene rings is 1. The number of nitro groups is 1. The number of hydrogen-bond acceptors (Lipinski definition) is 5. The van der Waals surface area contributed by atoms with Crippen molar-refractivity contribution in [3.05, 3.63) is 33.9 Å². The van der Waals surface area contributed by atoms with Gasteiger partial charge in [0.1, 0.15) is 0 Å². The highest BCUT2D eigenvalue weighted by Gasteiger charge is 2.28. The van der Waals surface area contributed by atoms with Crippen molar-refractivity contribution in [2.24, 2.45) is 0 Å². The van der Waals surface area contributed by atoms with E-state index in [0.717, 1.165) is 25.9 Å². The zero-order valence-corrected chi connectivity index (χ0v) is 12.9. The minimum absolute atomic E-state index is 0.147. The van der Waals surface area contributed by atoms with Crippen LogP contribution in [0.4, 0.5) is 5.69 Å². The van der Waals surface area contributed by atoms with Crippen LogP contribution in [-0.2, 0) is 0 Å². The number of nitrogens with zero attached hydrogens (tertiary/aromatic N) is 2. The smallest absolute Gasteiger partial charge is 0.311 e. The average Bonchev–Trinajstić information content (AvgIpc) is 3.05. The van der Waals surface area contributed by atoms with Crippen LogP contribution in [0.25, 0.3) is 0 Å². The van der Waals surface area contributed by atoms with Gasteiger partial charge in [0.2, 0.25) is 0 Å². The van der Waals surface area contributed by atoms with E-state index in [-0.39, 0.29) is 23.4 Å². The normalized spacial score (nSPS) is 17.3. The number of carbonyl (C=O) groups is 1. The van der Waals surface area contributed by atoms with Gasteiger partial charge in [0.05, 0.1) is 12.0 Å². The minimum atomic E-state index is -0.531. The van der Waals surface area contributed by atoms with Gasteiger partial charge in [-0.25, -0.2) is 0 Å². The molecule has 1 aromatic carbocycles. The zero-order chi connectivity index (χ0) is 16.1. The van der Waals surface area contributed by atoms with Gasteiger partial charge in [-0.3, -0.25) is 14.9 Å². The van der Waals surface area contributed by atoms with Crippen LogP contribution in [-0.4, -0.2) is 48.5 Å². The summed E-state index contributed by atoms with van der Waals surface area (Å²) in [6, 6.07) is 4.50. The summed E-state index contributed by atoms with van der Waals surface area (Å²) < 4.78 is 4.97. The minimum Gasteiger partial charge on any atom is -0.490 e. The van der Waals surface area contributed by atoms with E-state index in [1.54, 1.807) is 6.07 Å². The maximum Gasteiger partial charge on any atom is 0.311 e. The molecule has 0 spiro atoms. The predicted molar refractivity (Wildman–Crippen MR) is 82.3 cm³/mol. The van der Waals surface area contributed by atoms with E-state index in [2.05, 4.69) is 5.32 Å². The van der Waals surface area contributed by atoms with Crippen LogP contribution in [0.5, 0.6) is 5.75 Å². The molecule has 1 atom stereocenters. The van der Waals surface area contributed by atoms with Crippen LogP contribution < -0.4 is 10.1 Å². The van der Waals surface area contributed by atoms with Crippen LogP contribution in [0.2, 0.25) is 0 Å². The molecule has 0 saturated carbocycles. The Labute approximate surface area is 129 Å². The molecule has 7 nitrogen and oxygen atoms in total. The number of nitro benzene ring substituents is 1. The maximum atomic E-state index is 12.7. The highest BCUT2D eigenvalue weighted by atomic mass is 16.6. The van der Waals surface area contributed by atoms with Crippen LogP contribution in [0, 0.1) is 10.1 Å². The highest BCUT2D eigenvalue weighted by Crippen LogP contribution is 2.28. The summed E-state index contributed by atoms with van der Waals surface area (Å²) in [6.07, 6.45) is 1.75. The van der Waals surface area contributed by atoms with Crippen LogP contribution >= 0.6 is 0 Å². The van der Waals surface area contributed by atoms with Gasteiger partial charge in [0.15, 0.2) is 5.75 Å². The Morgan fingerprint density at radius 3 is 2.86 bits per heavy atom. The molecule has 1 aromatic rings. The van der Waals surface area contributed by atoms with Crippen LogP contribution in [0.15, 0.2) is 18.2 Å². The lowest BCUT2D eigenvalue weighted by molar-refractivity contribution is -0.385. The van der Waals surface area contributed by atoms with Crippen molar-refractivity contribution < 1.29 is 14.5 Å². The molecular formula is C15H21N3O4. The van der Waals surface area contributed by atoms with Crippen molar-refractivity contribution in [1.29, 1.82) is 0 Å². The second kappa shape index (κ2) is 7.22. The predicted octanol–water partition coefficient (Wildman–Crippen LogP) is 1.82. The Kier molecular flexibility index (Phi) is 5.32. The number of methoxy groups -OCH3 is 1. The Morgan fingerprint density at radius 1 is 1.55 bits per heavy atom. The number of rotatable bonds is 6. The molecule has 1 aliphatic rings. The first-order chi connectivity index (χ1) is 10.6. The van der Waals surface area contributed by atoms with Crippen LogP contribution in [0.3, 0.4) is 0 Å². The fraction of sp³-hybridized carbons (Fsp3) is 0.533.